The summed E-state index contributed by atoms with van der Waals surface area (Å²) in [5.41, 5.74) is 1.47. The average Bonchev–Trinajstić information content (AvgIpc) is 2.94. The van der Waals surface area contributed by atoms with Gasteiger partial charge in [0.1, 0.15) is 17.6 Å². The molecule has 0 spiro atoms. The summed E-state index contributed by atoms with van der Waals surface area (Å²) in [6.45, 7) is 0. The molecule has 3 heterocycles. The van der Waals surface area contributed by atoms with E-state index in [4.69, 9.17) is 4.74 Å². The van der Waals surface area contributed by atoms with Crippen molar-refractivity contribution in [1.82, 2.24) is 15.0 Å². The second-order valence-electron chi connectivity index (χ2n) is 5.89. The number of ether oxygens (including phenoxy) is 1. The van der Waals surface area contributed by atoms with Crippen molar-refractivity contribution < 1.29 is 13.9 Å². The second-order valence-corrected chi connectivity index (χ2v) is 5.89. The van der Waals surface area contributed by atoms with Gasteiger partial charge in [0, 0.05) is 17.6 Å². The third-order valence-electron chi connectivity index (χ3n) is 4.08. The van der Waals surface area contributed by atoms with Crippen LogP contribution in [0.15, 0.2) is 36.8 Å². The highest BCUT2D eigenvalue weighted by Crippen LogP contribution is 2.25. The van der Waals surface area contributed by atoms with Crippen molar-refractivity contribution in [3.05, 3.63) is 42.6 Å². The van der Waals surface area contributed by atoms with Crippen LogP contribution < -0.4 is 15.4 Å². The van der Waals surface area contributed by atoms with Gasteiger partial charge < -0.3 is 20.4 Å². The van der Waals surface area contributed by atoms with E-state index in [1.54, 1.807) is 18.3 Å². The van der Waals surface area contributed by atoms with Crippen molar-refractivity contribution in [3.63, 3.8) is 0 Å². The number of pyridine rings is 2. The van der Waals surface area contributed by atoms with Crippen LogP contribution in [0.3, 0.4) is 0 Å². The number of carbonyl (C=O) groups is 1. The number of amides is 2. The third-order valence-corrected chi connectivity index (χ3v) is 4.08. The van der Waals surface area contributed by atoms with Crippen molar-refractivity contribution in [2.75, 3.05) is 10.6 Å². The number of halogens is 1. The van der Waals surface area contributed by atoms with E-state index in [1.165, 1.54) is 18.7 Å². The number of aromatic nitrogens is 3. The van der Waals surface area contributed by atoms with Gasteiger partial charge in [-0.1, -0.05) is 0 Å². The Balaban J connectivity index is 1.40. The molecule has 0 radical (unpaired) electrons. The van der Waals surface area contributed by atoms with Crippen LogP contribution >= 0.6 is 0 Å². The Morgan fingerprint density at radius 1 is 1.24 bits per heavy atom. The minimum absolute atomic E-state index is 0.255. The number of hydrogen-bond donors (Lipinski definition) is 3. The molecule has 3 aromatic heterocycles. The maximum atomic E-state index is 13.3. The number of urea groups is 1. The smallest absolute Gasteiger partial charge is 0.323 e. The summed E-state index contributed by atoms with van der Waals surface area (Å²) < 4.78 is 19.0. The molecule has 2 amide bonds. The first kappa shape index (κ1) is 15.4. The number of carbonyl (C=O) groups excluding carboxylic acids is 1. The van der Waals surface area contributed by atoms with Crippen molar-refractivity contribution in [2.24, 2.45) is 0 Å². The number of aromatic amines is 1. The van der Waals surface area contributed by atoms with Crippen molar-refractivity contribution >= 4 is 28.4 Å². The highest BCUT2D eigenvalue weighted by Gasteiger charge is 2.19. The van der Waals surface area contributed by atoms with Crippen molar-refractivity contribution in [3.8, 4) is 5.88 Å². The lowest BCUT2D eigenvalue weighted by Crippen LogP contribution is -2.25. The molecule has 128 valence electrons. The molecule has 7 nitrogen and oxygen atoms in total. The van der Waals surface area contributed by atoms with Crippen molar-refractivity contribution in [1.29, 1.82) is 0 Å². The molecule has 1 fully saturated rings. The van der Waals surface area contributed by atoms with Crippen LogP contribution in [-0.2, 0) is 0 Å². The first-order chi connectivity index (χ1) is 12.2. The summed E-state index contributed by atoms with van der Waals surface area (Å²) >= 11 is 0. The van der Waals surface area contributed by atoms with Crippen LogP contribution in [0.1, 0.15) is 19.3 Å². The van der Waals surface area contributed by atoms with E-state index in [9.17, 15) is 9.18 Å². The molecule has 4 rings (SSSR count). The first-order valence-corrected chi connectivity index (χ1v) is 8.01. The number of H-pyrrole nitrogens is 1. The SMILES string of the molecule is O=C(Nc1ccc(OC2CCC2)nc1)Nc1c[nH]c2ncc(F)cc12. The first-order valence-electron chi connectivity index (χ1n) is 8.01. The number of rotatable bonds is 4. The van der Waals surface area contributed by atoms with E-state index in [0.717, 1.165) is 19.0 Å². The average molecular weight is 341 g/mol. The van der Waals surface area contributed by atoms with Crippen LogP contribution in [0.4, 0.5) is 20.6 Å². The highest BCUT2D eigenvalue weighted by molar-refractivity contribution is 6.05. The summed E-state index contributed by atoms with van der Waals surface area (Å²) in [6.07, 6.45) is 7.77. The summed E-state index contributed by atoms with van der Waals surface area (Å²) in [4.78, 5) is 23.1. The van der Waals surface area contributed by atoms with Gasteiger partial charge in [0.05, 0.1) is 23.8 Å². The Hall–Kier alpha value is -3.16. The highest BCUT2D eigenvalue weighted by atomic mass is 19.1. The fourth-order valence-electron chi connectivity index (χ4n) is 2.55. The van der Waals surface area contributed by atoms with Gasteiger partial charge in [-0.3, -0.25) is 0 Å². The molecule has 25 heavy (non-hydrogen) atoms. The monoisotopic (exact) mass is 341 g/mol. The van der Waals surface area contributed by atoms with E-state index in [2.05, 4.69) is 25.6 Å². The van der Waals surface area contributed by atoms with E-state index >= 15 is 0 Å². The second kappa shape index (κ2) is 6.39. The molecule has 0 aromatic carbocycles. The van der Waals surface area contributed by atoms with Crippen LogP contribution in [0.25, 0.3) is 11.0 Å². The molecular weight excluding hydrogens is 325 g/mol. The Morgan fingerprint density at radius 3 is 2.84 bits per heavy atom. The zero-order valence-electron chi connectivity index (χ0n) is 13.3. The fourth-order valence-corrected chi connectivity index (χ4v) is 2.55. The molecule has 0 aliphatic heterocycles. The van der Waals surface area contributed by atoms with Crippen LogP contribution in [-0.4, -0.2) is 27.1 Å². The van der Waals surface area contributed by atoms with E-state index in [1.807, 2.05) is 0 Å². The quantitative estimate of drug-likeness (QED) is 0.675. The normalized spacial score (nSPS) is 14.1. The molecule has 3 aromatic rings. The lowest BCUT2D eigenvalue weighted by atomic mass is 9.96. The fraction of sp³-hybridized carbons (Fsp3) is 0.235. The maximum Gasteiger partial charge on any atom is 0.323 e. The zero-order chi connectivity index (χ0) is 17.2. The number of nitrogens with one attached hydrogen (secondary N) is 3. The summed E-state index contributed by atoms with van der Waals surface area (Å²) in [6, 6.07) is 4.29. The van der Waals surface area contributed by atoms with Gasteiger partial charge in [-0.2, -0.15) is 0 Å². The Bertz CT molecular complexity index is 905. The topological polar surface area (TPSA) is 91.9 Å². The number of fused-ring (bicyclic) bond motifs is 1. The predicted octanol–water partition coefficient (Wildman–Crippen LogP) is 3.67. The lowest BCUT2D eigenvalue weighted by Gasteiger charge is -2.25. The molecule has 0 atom stereocenters. The molecule has 1 aliphatic rings. The van der Waals surface area contributed by atoms with Gasteiger partial charge >= 0.3 is 6.03 Å². The molecule has 3 N–H and O–H groups in total. The lowest BCUT2D eigenvalue weighted by molar-refractivity contribution is 0.114. The molecular formula is C17H16FN5O2. The van der Waals surface area contributed by atoms with Gasteiger partial charge in [-0.05, 0) is 31.4 Å². The number of hydrogen-bond acceptors (Lipinski definition) is 4. The summed E-state index contributed by atoms with van der Waals surface area (Å²) in [7, 11) is 0. The minimum atomic E-state index is -0.471. The van der Waals surface area contributed by atoms with Gasteiger partial charge in [0.25, 0.3) is 0 Å². The van der Waals surface area contributed by atoms with E-state index in [0.29, 0.717) is 28.3 Å². The molecule has 1 aliphatic carbocycles. The maximum absolute atomic E-state index is 13.3. The van der Waals surface area contributed by atoms with Crippen LogP contribution in [0.2, 0.25) is 0 Å². The largest absolute Gasteiger partial charge is 0.474 e. The van der Waals surface area contributed by atoms with E-state index < -0.39 is 11.8 Å². The number of nitrogens with zero attached hydrogens (tertiary/aromatic N) is 2. The molecule has 0 unspecified atom stereocenters. The van der Waals surface area contributed by atoms with Gasteiger partial charge in [0.15, 0.2) is 0 Å². The Kier molecular flexibility index (Phi) is 3.93. The van der Waals surface area contributed by atoms with Gasteiger partial charge in [-0.15, -0.1) is 0 Å². The van der Waals surface area contributed by atoms with Crippen LogP contribution in [0, 0.1) is 5.82 Å². The van der Waals surface area contributed by atoms with Gasteiger partial charge in [0.2, 0.25) is 5.88 Å². The standard InChI is InChI=1S/C17H16FN5O2/c18-10-6-13-14(9-21-16(13)20-7-10)23-17(24)22-11-4-5-15(19-8-11)25-12-2-1-3-12/h4-9,12H,1-3H2,(H,20,21)(H2,22,23,24). The molecule has 1 saturated carbocycles. The van der Waals surface area contributed by atoms with E-state index in [-0.39, 0.29) is 6.10 Å². The zero-order valence-corrected chi connectivity index (χ0v) is 13.3. The van der Waals surface area contributed by atoms with Gasteiger partial charge in [-0.25, -0.2) is 19.2 Å². The molecule has 8 heteroatoms. The Morgan fingerprint density at radius 2 is 2.12 bits per heavy atom. The summed E-state index contributed by atoms with van der Waals surface area (Å²) in [5.74, 6) is 0.0793. The molecule has 0 saturated heterocycles. The minimum Gasteiger partial charge on any atom is -0.474 e. The third kappa shape index (κ3) is 3.37. The van der Waals surface area contributed by atoms with Crippen LogP contribution in [0.5, 0.6) is 5.88 Å². The predicted molar refractivity (Wildman–Crippen MR) is 91.2 cm³/mol. The number of anilines is 2. The molecule has 0 bridgehead atoms. The van der Waals surface area contributed by atoms with Crippen molar-refractivity contribution in [2.45, 2.75) is 25.4 Å². The Labute approximate surface area is 142 Å². The summed E-state index contributed by atoms with van der Waals surface area (Å²) in [5, 5.41) is 5.83.